The highest BCUT2D eigenvalue weighted by molar-refractivity contribution is 9.10. The van der Waals surface area contributed by atoms with Gasteiger partial charge in [0, 0.05) is 6.61 Å². The minimum Gasteiger partial charge on any atom is -0.444 e. The third-order valence-electron chi connectivity index (χ3n) is 2.42. The van der Waals surface area contributed by atoms with Crippen LogP contribution in [0.2, 0.25) is 0 Å². The van der Waals surface area contributed by atoms with E-state index in [4.69, 9.17) is 9.15 Å². The number of halogens is 1. The molecular formula is C12H18BrNO3. The molecule has 1 unspecified atom stereocenters. The number of furan rings is 1. The number of hydrogen-bond acceptors (Lipinski definition) is 3. The number of ether oxygens (including phenoxy) is 1. The predicted molar refractivity (Wildman–Crippen MR) is 69.0 cm³/mol. The Morgan fingerprint density at radius 1 is 1.53 bits per heavy atom. The Hall–Kier alpha value is -0.810. The van der Waals surface area contributed by atoms with Crippen LogP contribution in [0.1, 0.15) is 31.3 Å². The van der Waals surface area contributed by atoms with Crippen LogP contribution in [-0.2, 0) is 4.74 Å². The smallest absolute Gasteiger partial charge is 0.287 e. The number of rotatable bonds is 6. The van der Waals surface area contributed by atoms with Crippen molar-refractivity contribution in [1.82, 2.24) is 5.32 Å². The van der Waals surface area contributed by atoms with Gasteiger partial charge < -0.3 is 14.5 Å². The first-order chi connectivity index (χ1) is 8.04. The van der Waals surface area contributed by atoms with Crippen LogP contribution in [0, 0.1) is 5.92 Å². The van der Waals surface area contributed by atoms with E-state index in [1.807, 2.05) is 20.8 Å². The van der Waals surface area contributed by atoms with E-state index in [-0.39, 0.29) is 11.9 Å². The summed E-state index contributed by atoms with van der Waals surface area (Å²) in [6.07, 6.45) is 0. The number of hydrogen-bond donors (Lipinski definition) is 1. The van der Waals surface area contributed by atoms with Crippen molar-refractivity contribution in [2.75, 3.05) is 13.2 Å². The second kappa shape index (κ2) is 6.81. The first-order valence-corrected chi connectivity index (χ1v) is 6.47. The Morgan fingerprint density at radius 2 is 2.24 bits per heavy atom. The zero-order valence-electron chi connectivity index (χ0n) is 10.3. The van der Waals surface area contributed by atoms with Crippen molar-refractivity contribution in [2.45, 2.75) is 26.8 Å². The molecule has 0 aliphatic rings. The van der Waals surface area contributed by atoms with Crippen LogP contribution in [0.4, 0.5) is 0 Å². The summed E-state index contributed by atoms with van der Waals surface area (Å²) in [6, 6.07) is 3.32. The van der Waals surface area contributed by atoms with Crippen LogP contribution in [0.3, 0.4) is 0 Å². The van der Waals surface area contributed by atoms with Crippen molar-refractivity contribution < 1.29 is 13.9 Å². The molecule has 5 heteroatoms. The van der Waals surface area contributed by atoms with Crippen LogP contribution < -0.4 is 5.32 Å². The SMILES string of the molecule is CCOCC(NC(=O)c1ccc(Br)o1)C(C)C. The van der Waals surface area contributed by atoms with E-state index in [1.165, 1.54) is 0 Å². The molecule has 1 aromatic heterocycles. The van der Waals surface area contributed by atoms with Crippen LogP contribution in [-0.4, -0.2) is 25.2 Å². The highest BCUT2D eigenvalue weighted by Gasteiger charge is 2.19. The van der Waals surface area contributed by atoms with Gasteiger partial charge in [-0.2, -0.15) is 0 Å². The first-order valence-electron chi connectivity index (χ1n) is 5.68. The zero-order chi connectivity index (χ0) is 12.8. The molecule has 0 radical (unpaired) electrons. The van der Waals surface area contributed by atoms with Crippen molar-refractivity contribution in [3.05, 3.63) is 22.6 Å². The number of carbonyl (C=O) groups excluding carboxylic acids is 1. The van der Waals surface area contributed by atoms with Crippen molar-refractivity contribution in [2.24, 2.45) is 5.92 Å². The summed E-state index contributed by atoms with van der Waals surface area (Å²) >= 11 is 3.17. The van der Waals surface area contributed by atoms with Gasteiger partial charge in [-0.15, -0.1) is 0 Å². The summed E-state index contributed by atoms with van der Waals surface area (Å²) in [5, 5.41) is 2.90. The maximum Gasteiger partial charge on any atom is 0.287 e. The van der Waals surface area contributed by atoms with Gasteiger partial charge in [-0.3, -0.25) is 4.79 Å². The average molecular weight is 304 g/mol. The molecule has 0 aliphatic heterocycles. The molecule has 1 N–H and O–H groups in total. The Labute approximate surface area is 110 Å². The summed E-state index contributed by atoms with van der Waals surface area (Å²) in [7, 11) is 0. The lowest BCUT2D eigenvalue weighted by Crippen LogP contribution is -2.41. The Kier molecular flexibility index (Phi) is 5.71. The molecule has 0 saturated heterocycles. The second-order valence-electron chi connectivity index (χ2n) is 4.09. The van der Waals surface area contributed by atoms with Gasteiger partial charge in [0.25, 0.3) is 5.91 Å². The molecule has 0 aliphatic carbocycles. The highest BCUT2D eigenvalue weighted by atomic mass is 79.9. The van der Waals surface area contributed by atoms with Crippen LogP contribution >= 0.6 is 15.9 Å². The minimum absolute atomic E-state index is 0.00803. The Morgan fingerprint density at radius 3 is 2.71 bits per heavy atom. The molecule has 17 heavy (non-hydrogen) atoms. The predicted octanol–water partition coefficient (Wildman–Crippen LogP) is 2.83. The maximum absolute atomic E-state index is 11.9. The van der Waals surface area contributed by atoms with Gasteiger partial charge in [0.1, 0.15) is 0 Å². The van der Waals surface area contributed by atoms with Gasteiger partial charge in [-0.1, -0.05) is 13.8 Å². The summed E-state index contributed by atoms with van der Waals surface area (Å²) < 4.78 is 11.1. The number of amides is 1. The van der Waals surface area contributed by atoms with Gasteiger partial charge in [0.15, 0.2) is 10.4 Å². The normalized spacial score (nSPS) is 12.8. The fourth-order valence-electron chi connectivity index (χ4n) is 1.32. The summed E-state index contributed by atoms with van der Waals surface area (Å²) in [5.74, 6) is 0.400. The fourth-order valence-corrected chi connectivity index (χ4v) is 1.63. The second-order valence-corrected chi connectivity index (χ2v) is 4.87. The monoisotopic (exact) mass is 303 g/mol. The Bertz CT molecular complexity index is 362. The number of carbonyl (C=O) groups is 1. The van der Waals surface area contributed by atoms with Crippen LogP contribution in [0.5, 0.6) is 0 Å². The van der Waals surface area contributed by atoms with E-state index in [9.17, 15) is 4.79 Å². The summed E-state index contributed by atoms with van der Waals surface area (Å²) in [5.41, 5.74) is 0. The third-order valence-corrected chi connectivity index (χ3v) is 2.85. The molecule has 0 spiro atoms. The van der Waals surface area contributed by atoms with Gasteiger partial charge in [0.05, 0.1) is 12.6 Å². The molecule has 1 aromatic rings. The van der Waals surface area contributed by atoms with Crippen molar-refractivity contribution >= 4 is 21.8 Å². The molecule has 1 heterocycles. The molecule has 0 bridgehead atoms. The molecule has 96 valence electrons. The quantitative estimate of drug-likeness (QED) is 0.879. The molecule has 0 aromatic carbocycles. The van der Waals surface area contributed by atoms with Gasteiger partial charge >= 0.3 is 0 Å². The largest absolute Gasteiger partial charge is 0.444 e. The lowest BCUT2D eigenvalue weighted by molar-refractivity contribution is 0.0782. The van der Waals surface area contributed by atoms with Gasteiger partial charge in [-0.05, 0) is 40.9 Å². The summed E-state index contributed by atoms with van der Waals surface area (Å²) in [6.45, 7) is 7.18. The Balaban J connectivity index is 2.57. The lowest BCUT2D eigenvalue weighted by atomic mass is 10.1. The molecule has 1 amide bonds. The van der Waals surface area contributed by atoms with Crippen molar-refractivity contribution in [3.8, 4) is 0 Å². The highest BCUT2D eigenvalue weighted by Crippen LogP contribution is 2.14. The number of nitrogens with one attached hydrogen (secondary N) is 1. The molecular weight excluding hydrogens is 286 g/mol. The topological polar surface area (TPSA) is 51.5 Å². The summed E-state index contributed by atoms with van der Waals surface area (Å²) in [4.78, 5) is 11.9. The van der Waals surface area contributed by atoms with E-state index < -0.39 is 0 Å². The third kappa shape index (κ3) is 4.52. The standard InChI is InChI=1S/C12H18BrNO3/c1-4-16-7-9(8(2)3)14-12(15)10-5-6-11(13)17-10/h5-6,8-9H,4,7H2,1-3H3,(H,14,15). The average Bonchev–Trinajstić information content (AvgIpc) is 2.70. The molecule has 1 rings (SSSR count). The van der Waals surface area contributed by atoms with E-state index in [2.05, 4.69) is 21.2 Å². The molecule has 0 fully saturated rings. The molecule has 4 nitrogen and oxygen atoms in total. The maximum atomic E-state index is 11.9. The van der Waals surface area contributed by atoms with E-state index >= 15 is 0 Å². The van der Waals surface area contributed by atoms with Gasteiger partial charge in [-0.25, -0.2) is 0 Å². The van der Waals surface area contributed by atoms with E-state index in [1.54, 1.807) is 12.1 Å². The van der Waals surface area contributed by atoms with Gasteiger partial charge in [0.2, 0.25) is 0 Å². The zero-order valence-corrected chi connectivity index (χ0v) is 11.9. The van der Waals surface area contributed by atoms with E-state index in [0.717, 1.165) is 0 Å². The van der Waals surface area contributed by atoms with Crippen molar-refractivity contribution in [1.29, 1.82) is 0 Å². The molecule has 0 saturated carbocycles. The fraction of sp³-hybridized carbons (Fsp3) is 0.583. The van der Waals surface area contributed by atoms with E-state index in [0.29, 0.717) is 29.6 Å². The molecule has 1 atom stereocenters. The lowest BCUT2D eigenvalue weighted by Gasteiger charge is -2.21. The van der Waals surface area contributed by atoms with Crippen molar-refractivity contribution in [3.63, 3.8) is 0 Å². The first kappa shape index (κ1) is 14.3. The minimum atomic E-state index is -0.214. The van der Waals surface area contributed by atoms with Crippen LogP contribution in [0.25, 0.3) is 0 Å². The van der Waals surface area contributed by atoms with Crippen LogP contribution in [0.15, 0.2) is 21.2 Å².